The molecule has 13 heavy (non-hydrogen) atoms. The van der Waals surface area contributed by atoms with Crippen molar-refractivity contribution in [3.63, 3.8) is 0 Å². The van der Waals surface area contributed by atoms with Crippen molar-refractivity contribution in [2.45, 2.75) is 6.92 Å². The standard InChI is InChI=1S/C10H7NO2/c1-7-2-10(6-13)8(4-11)3-9(7)5-12/h2-3,5-6H,1H3. The highest BCUT2D eigenvalue weighted by Crippen LogP contribution is 2.12. The fourth-order valence-electron chi connectivity index (χ4n) is 1.07. The molecule has 0 atom stereocenters. The van der Waals surface area contributed by atoms with Crippen LogP contribution in [-0.2, 0) is 0 Å². The van der Waals surface area contributed by atoms with E-state index in [1.165, 1.54) is 12.1 Å². The van der Waals surface area contributed by atoms with Gasteiger partial charge in [0.15, 0.2) is 6.29 Å². The number of rotatable bonds is 2. The van der Waals surface area contributed by atoms with Crippen molar-refractivity contribution in [2.24, 2.45) is 0 Å². The molecule has 0 fully saturated rings. The van der Waals surface area contributed by atoms with Crippen molar-refractivity contribution in [3.05, 3.63) is 34.4 Å². The normalized spacial score (nSPS) is 8.92. The molecule has 0 aliphatic carbocycles. The lowest BCUT2D eigenvalue weighted by molar-refractivity contribution is 0.111. The van der Waals surface area contributed by atoms with Gasteiger partial charge in [-0.05, 0) is 24.6 Å². The van der Waals surface area contributed by atoms with Gasteiger partial charge in [-0.2, -0.15) is 5.26 Å². The van der Waals surface area contributed by atoms with Crippen molar-refractivity contribution in [2.75, 3.05) is 0 Å². The number of hydrogen-bond donors (Lipinski definition) is 0. The maximum absolute atomic E-state index is 10.5. The van der Waals surface area contributed by atoms with Gasteiger partial charge in [0, 0.05) is 11.1 Å². The predicted octanol–water partition coefficient (Wildman–Crippen LogP) is 1.49. The number of benzene rings is 1. The van der Waals surface area contributed by atoms with Gasteiger partial charge in [0.05, 0.1) is 11.6 Å². The quantitative estimate of drug-likeness (QED) is 0.636. The highest BCUT2D eigenvalue weighted by Gasteiger charge is 2.05. The molecular weight excluding hydrogens is 166 g/mol. The first-order valence-electron chi connectivity index (χ1n) is 3.68. The summed E-state index contributed by atoms with van der Waals surface area (Å²) < 4.78 is 0. The molecule has 1 aromatic carbocycles. The molecule has 3 heteroatoms. The van der Waals surface area contributed by atoms with Crippen molar-refractivity contribution in [1.82, 2.24) is 0 Å². The smallest absolute Gasteiger partial charge is 0.151 e. The molecule has 64 valence electrons. The molecule has 1 rings (SSSR count). The molecule has 0 N–H and O–H groups in total. The zero-order valence-corrected chi connectivity index (χ0v) is 7.07. The minimum atomic E-state index is 0.239. The Morgan fingerprint density at radius 2 is 1.85 bits per heavy atom. The number of nitriles is 1. The maximum Gasteiger partial charge on any atom is 0.151 e. The van der Waals surface area contributed by atoms with Crippen LogP contribution >= 0.6 is 0 Å². The molecule has 0 saturated carbocycles. The van der Waals surface area contributed by atoms with Crippen molar-refractivity contribution >= 4 is 12.6 Å². The summed E-state index contributed by atoms with van der Waals surface area (Å²) in [6.07, 6.45) is 1.28. The molecule has 3 nitrogen and oxygen atoms in total. The highest BCUT2D eigenvalue weighted by atomic mass is 16.1. The van der Waals surface area contributed by atoms with E-state index in [0.29, 0.717) is 29.3 Å². The molecule has 0 unspecified atom stereocenters. The molecule has 0 aliphatic heterocycles. The van der Waals surface area contributed by atoms with Crippen LogP contribution in [0.25, 0.3) is 0 Å². The first kappa shape index (κ1) is 9.14. The van der Waals surface area contributed by atoms with Gasteiger partial charge in [-0.25, -0.2) is 0 Å². The van der Waals surface area contributed by atoms with Crippen LogP contribution in [0.4, 0.5) is 0 Å². The zero-order chi connectivity index (χ0) is 9.84. The summed E-state index contributed by atoms with van der Waals surface area (Å²) in [7, 11) is 0. The Hall–Kier alpha value is -1.95. The fraction of sp³-hybridized carbons (Fsp3) is 0.100. The number of nitrogens with zero attached hydrogens (tertiary/aromatic N) is 1. The molecule has 0 bridgehead atoms. The molecule has 1 aromatic rings. The molecule has 0 heterocycles. The van der Waals surface area contributed by atoms with Crippen molar-refractivity contribution in [1.29, 1.82) is 5.26 Å². The number of aldehydes is 2. The van der Waals surface area contributed by atoms with Crippen LogP contribution in [0.5, 0.6) is 0 Å². The summed E-state index contributed by atoms with van der Waals surface area (Å²) >= 11 is 0. The topological polar surface area (TPSA) is 57.9 Å². The Labute approximate surface area is 75.6 Å². The van der Waals surface area contributed by atoms with E-state index in [0.717, 1.165) is 0 Å². The average Bonchev–Trinajstić information content (AvgIpc) is 2.17. The van der Waals surface area contributed by atoms with Crippen molar-refractivity contribution < 1.29 is 9.59 Å². The maximum atomic E-state index is 10.5. The number of hydrogen-bond acceptors (Lipinski definition) is 3. The lowest BCUT2D eigenvalue weighted by atomic mass is 10.0. The van der Waals surface area contributed by atoms with Crippen LogP contribution in [0.2, 0.25) is 0 Å². The zero-order valence-electron chi connectivity index (χ0n) is 7.07. The molecule has 0 radical (unpaired) electrons. The Morgan fingerprint density at radius 3 is 2.31 bits per heavy atom. The molecule has 0 aliphatic rings. The largest absolute Gasteiger partial charge is 0.298 e. The Kier molecular flexibility index (Phi) is 2.56. The molecule has 0 aromatic heterocycles. The van der Waals surface area contributed by atoms with Gasteiger partial charge >= 0.3 is 0 Å². The third-order valence-corrected chi connectivity index (χ3v) is 1.81. The van der Waals surface area contributed by atoms with Gasteiger partial charge in [-0.3, -0.25) is 9.59 Å². The van der Waals surface area contributed by atoms with E-state index in [1.807, 2.05) is 6.07 Å². The molecule has 0 saturated heterocycles. The van der Waals surface area contributed by atoms with Crippen LogP contribution < -0.4 is 0 Å². The van der Waals surface area contributed by atoms with Crippen LogP contribution in [0.15, 0.2) is 12.1 Å². The van der Waals surface area contributed by atoms with Gasteiger partial charge in [0.2, 0.25) is 0 Å². The van der Waals surface area contributed by atoms with E-state index in [1.54, 1.807) is 6.92 Å². The third kappa shape index (κ3) is 1.62. The monoisotopic (exact) mass is 173 g/mol. The number of carbonyl (C=O) groups is 2. The summed E-state index contributed by atoms with van der Waals surface area (Å²) in [4.78, 5) is 21.0. The van der Waals surface area contributed by atoms with E-state index in [-0.39, 0.29) is 5.56 Å². The van der Waals surface area contributed by atoms with Crippen molar-refractivity contribution in [3.8, 4) is 6.07 Å². The Bertz CT molecular complexity index is 402. The number of aryl methyl sites for hydroxylation is 1. The summed E-state index contributed by atoms with van der Waals surface area (Å²) in [6.45, 7) is 1.72. The fourth-order valence-corrected chi connectivity index (χ4v) is 1.07. The Balaban J connectivity index is 3.45. The molecule has 0 spiro atoms. The van der Waals surface area contributed by atoms with Gasteiger partial charge in [0.1, 0.15) is 6.29 Å². The summed E-state index contributed by atoms with van der Waals surface area (Å²) in [5.74, 6) is 0. The van der Waals surface area contributed by atoms with E-state index >= 15 is 0 Å². The van der Waals surface area contributed by atoms with Gasteiger partial charge in [-0.15, -0.1) is 0 Å². The highest BCUT2D eigenvalue weighted by molar-refractivity contribution is 5.85. The van der Waals surface area contributed by atoms with Crippen LogP contribution in [-0.4, -0.2) is 12.6 Å². The second kappa shape index (κ2) is 3.63. The first-order chi connectivity index (χ1) is 6.22. The van der Waals surface area contributed by atoms with E-state index in [2.05, 4.69) is 0 Å². The van der Waals surface area contributed by atoms with Gasteiger partial charge < -0.3 is 0 Å². The lowest BCUT2D eigenvalue weighted by Gasteiger charge is -2.00. The summed E-state index contributed by atoms with van der Waals surface area (Å²) in [6, 6.07) is 4.82. The van der Waals surface area contributed by atoms with Crippen LogP contribution in [0.3, 0.4) is 0 Å². The molecule has 0 amide bonds. The summed E-state index contributed by atoms with van der Waals surface area (Å²) in [5, 5.41) is 8.64. The van der Waals surface area contributed by atoms with Crippen LogP contribution in [0, 0.1) is 18.3 Å². The predicted molar refractivity (Wildman–Crippen MR) is 46.7 cm³/mol. The van der Waals surface area contributed by atoms with Gasteiger partial charge in [-0.1, -0.05) is 0 Å². The lowest BCUT2D eigenvalue weighted by Crippen LogP contribution is -1.94. The minimum Gasteiger partial charge on any atom is -0.298 e. The first-order valence-corrected chi connectivity index (χ1v) is 3.68. The third-order valence-electron chi connectivity index (χ3n) is 1.81. The van der Waals surface area contributed by atoms with E-state index in [4.69, 9.17) is 5.26 Å². The van der Waals surface area contributed by atoms with E-state index in [9.17, 15) is 9.59 Å². The minimum absolute atomic E-state index is 0.239. The van der Waals surface area contributed by atoms with E-state index < -0.39 is 0 Å². The SMILES string of the molecule is Cc1cc(C=O)c(C#N)cc1C=O. The Morgan fingerprint density at radius 1 is 1.23 bits per heavy atom. The second-order valence-electron chi connectivity index (χ2n) is 2.64. The molecular formula is C10H7NO2. The number of carbonyl (C=O) groups excluding carboxylic acids is 2. The van der Waals surface area contributed by atoms with Gasteiger partial charge in [0.25, 0.3) is 0 Å². The van der Waals surface area contributed by atoms with Crippen LogP contribution in [0.1, 0.15) is 31.8 Å². The average molecular weight is 173 g/mol. The second-order valence-corrected chi connectivity index (χ2v) is 2.64. The summed E-state index contributed by atoms with van der Waals surface area (Å²) in [5.41, 5.74) is 1.71.